The average Bonchev–Trinajstić information content (AvgIpc) is 2.86. The Labute approximate surface area is 157 Å². The smallest absolute Gasteiger partial charge is 0.343 e. The van der Waals surface area contributed by atoms with E-state index in [2.05, 4.69) is 10.4 Å². The largest absolute Gasteiger partial charge is 0.495 e. The zero-order chi connectivity index (χ0) is 19.3. The number of methoxy groups -OCH3 is 1. The molecule has 0 radical (unpaired) electrons. The zero-order valence-electron chi connectivity index (χ0n) is 15.2. The number of anilines is 1. The summed E-state index contributed by atoms with van der Waals surface area (Å²) in [5, 5.41) is 7.10. The first-order chi connectivity index (χ1) is 12.3. The van der Waals surface area contributed by atoms with Crippen LogP contribution in [0.1, 0.15) is 29.9 Å². The van der Waals surface area contributed by atoms with E-state index in [1.165, 1.54) is 7.11 Å². The lowest BCUT2D eigenvalue weighted by atomic mass is 10.2. The van der Waals surface area contributed by atoms with Crippen molar-refractivity contribution < 1.29 is 19.1 Å². The summed E-state index contributed by atoms with van der Waals surface area (Å²) >= 11 is 6.24. The first kappa shape index (κ1) is 19.8. The molecule has 0 fully saturated rings. The lowest BCUT2D eigenvalue weighted by Crippen LogP contribution is -2.21. The number of esters is 1. The van der Waals surface area contributed by atoms with Gasteiger partial charge in [-0.25, -0.2) is 4.79 Å². The maximum Gasteiger partial charge on any atom is 0.343 e. The maximum atomic E-state index is 12.3. The van der Waals surface area contributed by atoms with Gasteiger partial charge in [-0.1, -0.05) is 37.6 Å². The van der Waals surface area contributed by atoms with Crippen LogP contribution < -0.4 is 10.1 Å². The summed E-state index contributed by atoms with van der Waals surface area (Å²) < 4.78 is 11.8. The summed E-state index contributed by atoms with van der Waals surface area (Å²) in [5.41, 5.74) is 1.14. The Morgan fingerprint density at radius 2 is 2.00 bits per heavy atom. The highest BCUT2D eigenvalue weighted by Crippen LogP contribution is 2.23. The molecule has 1 N–H and O–H groups in total. The molecule has 0 bridgehead atoms. The molecule has 0 saturated heterocycles. The van der Waals surface area contributed by atoms with Crippen LogP contribution >= 0.6 is 11.6 Å². The highest BCUT2D eigenvalue weighted by molar-refractivity contribution is 6.32. The minimum Gasteiger partial charge on any atom is -0.495 e. The molecule has 2 rings (SSSR count). The van der Waals surface area contributed by atoms with Crippen molar-refractivity contribution in [1.29, 1.82) is 0 Å². The number of benzene rings is 1. The number of carbonyl (C=O) groups excluding carboxylic acids is 2. The molecule has 0 aliphatic carbocycles. The summed E-state index contributed by atoms with van der Waals surface area (Å²) in [6, 6.07) is 6.95. The molecule has 0 aliphatic rings. The molecule has 0 atom stereocenters. The Bertz CT molecular complexity index is 802. The molecule has 2 aromatic rings. The van der Waals surface area contributed by atoms with Crippen LogP contribution in [0, 0.1) is 12.8 Å². The van der Waals surface area contributed by atoms with Crippen molar-refractivity contribution in [2.24, 2.45) is 5.92 Å². The van der Waals surface area contributed by atoms with Gasteiger partial charge >= 0.3 is 5.97 Å². The first-order valence-electron chi connectivity index (χ1n) is 8.16. The second-order valence-corrected chi connectivity index (χ2v) is 6.51. The normalized spacial score (nSPS) is 10.7. The van der Waals surface area contributed by atoms with Crippen molar-refractivity contribution in [3.8, 4) is 5.75 Å². The second kappa shape index (κ2) is 8.71. The van der Waals surface area contributed by atoms with Crippen molar-refractivity contribution in [2.45, 2.75) is 27.3 Å². The number of halogens is 1. The van der Waals surface area contributed by atoms with Crippen molar-refractivity contribution in [2.75, 3.05) is 19.0 Å². The number of ether oxygens (including phenoxy) is 2. The van der Waals surface area contributed by atoms with Crippen LogP contribution in [0.2, 0.25) is 5.15 Å². The van der Waals surface area contributed by atoms with Crippen molar-refractivity contribution in [3.63, 3.8) is 0 Å². The van der Waals surface area contributed by atoms with E-state index >= 15 is 0 Å². The zero-order valence-corrected chi connectivity index (χ0v) is 16.0. The van der Waals surface area contributed by atoms with Crippen LogP contribution in [-0.4, -0.2) is 35.4 Å². The van der Waals surface area contributed by atoms with E-state index in [1.54, 1.807) is 35.9 Å². The number of nitrogens with one attached hydrogen (secondary N) is 1. The third kappa shape index (κ3) is 4.76. The van der Waals surface area contributed by atoms with Gasteiger partial charge in [0.1, 0.15) is 16.5 Å². The number of rotatable bonds is 7. The van der Waals surface area contributed by atoms with Gasteiger partial charge in [-0.2, -0.15) is 5.10 Å². The van der Waals surface area contributed by atoms with E-state index in [0.29, 0.717) is 29.6 Å². The monoisotopic (exact) mass is 379 g/mol. The second-order valence-electron chi connectivity index (χ2n) is 6.15. The van der Waals surface area contributed by atoms with E-state index in [1.807, 2.05) is 13.8 Å². The molecule has 0 spiro atoms. The van der Waals surface area contributed by atoms with E-state index in [4.69, 9.17) is 21.1 Å². The predicted molar refractivity (Wildman–Crippen MR) is 98.7 cm³/mol. The van der Waals surface area contributed by atoms with Crippen LogP contribution in [0.3, 0.4) is 0 Å². The lowest BCUT2D eigenvalue weighted by Gasteiger charge is -2.10. The third-order valence-electron chi connectivity index (χ3n) is 3.52. The number of hydrogen-bond donors (Lipinski definition) is 1. The van der Waals surface area contributed by atoms with Gasteiger partial charge in [0.05, 0.1) is 18.5 Å². The highest BCUT2D eigenvalue weighted by Gasteiger charge is 2.23. The summed E-state index contributed by atoms with van der Waals surface area (Å²) in [5.74, 6) is -0.327. The Morgan fingerprint density at radius 1 is 1.31 bits per heavy atom. The van der Waals surface area contributed by atoms with Crippen molar-refractivity contribution >= 4 is 29.2 Å². The molecule has 1 heterocycles. The van der Waals surface area contributed by atoms with Gasteiger partial charge in [0.25, 0.3) is 5.91 Å². The minimum atomic E-state index is -0.683. The number of amides is 1. The van der Waals surface area contributed by atoms with Gasteiger partial charge in [-0.05, 0) is 25.0 Å². The van der Waals surface area contributed by atoms with E-state index < -0.39 is 18.5 Å². The van der Waals surface area contributed by atoms with Gasteiger partial charge in [-0.3, -0.25) is 9.48 Å². The first-order valence-corrected chi connectivity index (χ1v) is 8.54. The molecule has 1 amide bonds. The van der Waals surface area contributed by atoms with Crippen LogP contribution in [0.25, 0.3) is 0 Å². The van der Waals surface area contributed by atoms with E-state index in [0.717, 1.165) is 0 Å². The Kier molecular flexibility index (Phi) is 6.63. The molecule has 1 aromatic carbocycles. The molecule has 0 saturated carbocycles. The summed E-state index contributed by atoms with van der Waals surface area (Å²) in [4.78, 5) is 24.3. The van der Waals surface area contributed by atoms with Gasteiger partial charge in [0, 0.05) is 6.54 Å². The van der Waals surface area contributed by atoms with Crippen LogP contribution in [0.5, 0.6) is 5.75 Å². The van der Waals surface area contributed by atoms with Crippen molar-refractivity contribution in [3.05, 3.63) is 40.7 Å². The fourth-order valence-electron chi connectivity index (χ4n) is 2.39. The van der Waals surface area contributed by atoms with E-state index in [-0.39, 0.29) is 10.7 Å². The maximum absolute atomic E-state index is 12.3. The predicted octanol–water partition coefficient (Wildman–Crippen LogP) is 3.31. The quantitative estimate of drug-likeness (QED) is 0.746. The Hall–Kier alpha value is -2.54. The highest BCUT2D eigenvalue weighted by atomic mass is 35.5. The number of nitrogens with zero attached hydrogens (tertiary/aromatic N) is 2. The molecule has 0 unspecified atom stereocenters. The molecule has 26 heavy (non-hydrogen) atoms. The van der Waals surface area contributed by atoms with Crippen LogP contribution in [0.4, 0.5) is 5.69 Å². The topological polar surface area (TPSA) is 82.4 Å². The Balaban J connectivity index is 2.00. The summed E-state index contributed by atoms with van der Waals surface area (Å²) in [7, 11) is 1.50. The van der Waals surface area contributed by atoms with Gasteiger partial charge in [-0.15, -0.1) is 0 Å². The lowest BCUT2D eigenvalue weighted by molar-refractivity contribution is -0.119. The molecular weight excluding hydrogens is 358 g/mol. The van der Waals surface area contributed by atoms with Crippen LogP contribution in [-0.2, 0) is 16.1 Å². The molecule has 7 nitrogen and oxygen atoms in total. The average molecular weight is 380 g/mol. The third-order valence-corrected chi connectivity index (χ3v) is 3.91. The van der Waals surface area contributed by atoms with Gasteiger partial charge in [0.15, 0.2) is 6.61 Å². The summed E-state index contributed by atoms with van der Waals surface area (Å²) in [6.07, 6.45) is 0. The molecule has 1 aromatic heterocycles. The molecular formula is C18H22ClN3O4. The molecule has 0 aliphatic heterocycles. The fourth-order valence-corrected chi connectivity index (χ4v) is 2.71. The standard InChI is InChI=1S/C18H22ClN3O4/c1-11(2)9-22-17(19)16(12(3)21-22)18(24)26-10-15(23)20-13-7-5-6-8-14(13)25-4/h5-8,11H,9-10H2,1-4H3,(H,20,23). The number of aryl methyl sites for hydroxylation is 1. The number of carbonyl (C=O) groups is 2. The molecule has 140 valence electrons. The fraction of sp³-hybridized carbons (Fsp3) is 0.389. The van der Waals surface area contributed by atoms with Crippen molar-refractivity contribution in [1.82, 2.24) is 9.78 Å². The van der Waals surface area contributed by atoms with Crippen LogP contribution in [0.15, 0.2) is 24.3 Å². The summed E-state index contributed by atoms with van der Waals surface area (Å²) in [6.45, 7) is 5.86. The van der Waals surface area contributed by atoms with Gasteiger partial charge < -0.3 is 14.8 Å². The minimum absolute atomic E-state index is 0.178. The number of hydrogen-bond acceptors (Lipinski definition) is 5. The Morgan fingerprint density at radius 3 is 2.65 bits per heavy atom. The van der Waals surface area contributed by atoms with E-state index in [9.17, 15) is 9.59 Å². The SMILES string of the molecule is COc1ccccc1NC(=O)COC(=O)c1c(C)nn(CC(C)C)c1Cl. The number of aromatic nitrogens is 2. The molecule has 8 heteroatoms. The van der Waals surface area contributed by atoms with Gasteiger partial charge in [0.2, 0.25) is 0 Å². The number of para-hydroxylation sites is 2.